The Morgan fingerprint density at radius 3 is 1.95 bits per heavy atom. The normalized spacial score (nSPS) is 28.4. The highest BCUT2D eigenvalue weighted by atomic mass is 16.5. The minimum atomic E-state index is -1.16. The minimum Gasteiger partial charge on any atom is -0.478 e. The summed E-state index contributed by atoms with van der Waals surface area (Å²) in [7, 11) is 0. The van der Waals surface area contributed by atoms with Crippen LogP contribution in [0.1, 0.15) is 89.8 Å². The van der Waals surface area contributed by atoms with Crippen molar-refractivity contribution in [3.05, 3.63) is 94.5 Å². The van der Waals surface area contributed by atoms with Crippen molar-refractivity contribution < 1.29 is 24.5 Å². The zero-order chi connectivity index (χ0) is 27.4. The standard InChI is InChI=1S/C34H32O5/c1-32-16-23-17-33(2,19-32)21-34(18-23,20-32)26-8-12-28(13-9-26)39-27-10-4-22(5-11-27)3-6-24-15-25(30(35)36)7-14-29(24)31(37)38/h4-5,7-15,23H,16-21H2,1-2H3,(H,35,36)(H,37,38). The molecule has 5 nitrogen and oxygen atoms in total. The summed E-state index contributed by atoms with van der Waals surface area (Å²) in [5.74, 6) is 5.77. The Labute approximate surface area is 228 Å². The Kier molecular flexibility index (Phi) is 5.84. The van der Waals surface area contributed by atoms with Crippen molar-refractivity contribution in [2.45, 2.75) is 57.8 Å². The van der Waals surface area contributed by atoms with Crippen LogP contribution in [0.3, 0.4) is 0 Å². The van der Waals surface area contributed by atoms with Crippen LogP contribution in [-0.4, -0.2) is 22.2 Å². The predicted octanol–water partition coefficient (Wildman–Crippen LogP) is 7.52. The molecule has 2 unspecified atom stereocenters. The molecule has 0 aromatic heterocycles. The molecule has 0 spiro atoms. The average Bonchev–Trinajstić information content (AvgIpc) is 2.86. The molecule has 2 atom stereocenters. The number of hydrogen-bond donors (Lipinski definition) is 2. The summed E-state index contributed by atoms with van der Waals surface area (Å²) in [6, 6.07) is 19.7. The van der Waals surface area contributed by atoms with E-state index in [2.05, 4.69) is 50.0 Å². The molecule has 0 aliphatic heterocycles. The molecule has 2 N–H and O–H groups in total. The Morgan fingerprint density at radius 2 is 1.38 bits per heavy atom. The van der Waals surface area contributed by atoms with Gasteiger partial charge in [0.15, 0.2) is 0 Å². The molecule has 0 amide bonds. The van der Waals surface area contributed by atoms with E-state index in [9.17, 15) is 19.8 Å². The second-order valence-corrected chi connectivity index (χ2v) is 12.7. The topological polar surface area (TPSA) is 83.8 Å². The molecule has 0 saturated heterocycles. The van der Waals surface area contributed by atoms with E-state index in [4.69, 9.17) is 4.74 Å². The fraction of sp³-hybridized carbons (Fsp3) is 0.353. The van der Waals surface area contributed by atoms with E-state index in [1.54, 1.807) is 12.1 Å². The van der Waals surface area contributed by atoms with Crippen molar-refractivity contribution in [2.24, 2.45) is 16.7 Å². The van der Waals surface area contributed by atoms with Gasteiger partial charge in [-0.05, 0) is 121 Å². The summed E-state index contributed by atoms with van der Waals surface area (Å²) in [5, 5.41) is 18.6. The van der Waals surface area contributed by atoms with Gasteiger partial charge >= 0.3 is 11.9 Å². The molecule has 4 bridgehead atoms. The van der Waals surface area contributed by atoms with Crippen molar-refractivity contribution in [3.63, 3.8) is 0 Å². The molecule has 5 heteroatoms. The van der Waals surface area contributed by atoms with Gasteiger partial charge in [-0.1, -0.05) is 37.8 Å². The number of carbonyl (C=O) groups is 2. The van der Waals surface area contributed by atoms with Crippen molar-refractivity contribution in [3.8, 4) is 23.3 Å². The first-order valence-electron chi connectivity index (χ1n) is 13.6. The van der Waals surface area contributed by atoms with Gasteiger partial charge in [-0.3, -0.25) is 0 Å². The van der Waals surface area contributed by atoms with Crippen LogP contribution in [0.2, 0.25) is 0 Å². The molecule has 4 aliphatic rings. The maximum Gasteiger partial charge on any atom is 0.336 e. The van der Waals surface area contributed by atoms with Gasteiger partial charge in [0.25, 0.3) is 0 Å². The molecule has 7 rings (SSSR count). The zero-order valence-electron chi connectivity index (χ0n) is 22.3. The van der Waals surface area contributed by atoms with Crippen molar-refractivity contribution in [1.82, 2.24) is 0 Å². The van der Waals surface area contributed by atoms with E-state index in [0.717, 1.165) is 11.7 Å². The second-order valence-electron chi connectivity index (χ2n) is 12.7. The van der Waals surface area contributed by atoms with Crippen LogP contribution in [0, 0.1) is 28.6 Å². The molecule has 3 aromatic rings. The van der Waals surface area contributed by atoms with E-state index in [-0.39, 0.29) is 16.7 Å². The number of aromatic carboxylic acids is 2. The molecule has 0 radical (unpaired) electrons. The molecule has 3 aromatic carbocycles. The van der Waals surface area contributed by atoms with E-state index in [1.165, 1.54) is 62.3 Å². The third-order valence-electron chi connectivity index (χ3n) is 9.02. The highest BCUT2D eigenvalue weighted by Gasteiger charge is 2.60. The van der Waals surface area contributed by atoms with Crippen LogP contribution in [-0.2, 0) is 5.41 Å². The van der Waals surface area contributed by atoms with Crippen LogP contribution < -0.4 is 4.74 Å². The molecule has 4 aliphatic carbocycles. The molecular formula is C34H32O5. The summed E-state index contributed by atoms with van der Waals surface area (Å²) in [4.78, 5) is 22.8. The highest BCUT2D eigenvalue weighted by Crippen LogP contribution is 2.69. The number of hydrogen-bond acceptors (Lipinski definition) is 3. The van der Waals surface area contributed by atoms with Crippen molar-refractivity contribution in [1.29, 1.82) is 0 Å². The molecule has 4 saturated carbocycles. The van der Waals surface area contributed by atoms with Gasteiger partial charge in [0.05, 0.1) is 11.1 Å². The zero-order valence-corrected chi connectivity index (χ0v) is 22.3. The molecule has 198 valence electrons. The summed E-state index contributed by atoms with van der Waals surface area (Å²) in [6.45, 7) is 5.02. The monoisotopic (exact) mass is 520 g/mol. The third kappa shape index (κ3) is 4.81. The Balaban J connectivity index is 1.17. The molecule has 4 fully saturated rings. The number of rotatable bonds is 5. The van der Waals surface area contributed by atoms with Crippen LogP contribution in [0.15, 0.2) is 66.7 Å². The largest absolute Gasteiger partial charge is 0.478 e. The predicted molar refractivity (Wildman–Crippen MR) is 148 cm³/mol. The van der Waals surface area contributed by atoms with E-state index >= 15 is 0 Å². The number of ether oxygens (including phenoxy) is 1. The minimum absolute atomic E-state index is 0.00865. The van der Waals surface area contributed by atoms with Gasteiger partial charge in [-0.25, -0.2) is 9.59 Å². The fourth-order valence-electron chi connectivity index (χ4n) is 8.50. The Bertz CT molecular complexity index is 1500. The lowest BCUT2D eigenvalue weighted by molar-refractivity contribution is -0.110. The summed E-state index contributed by atoms with van der Waals surface area (Å²) < 4.78 is 6.11. The smallest absolute Gasteiger partial charge is 0.336 e. The first-order chi connectivity index (χ1) is 18.5. The Morgan fingerprint density at radius 1 is 0.769 bits per heavy atom. The lowest BCUT2D eigenvalue weighted by Crippen LogP contribution is -2.56. The van der Waals surface area contributed by atoms with E-state index < -0.39 is 11.9 Å². The second kappa shape index (κ2) is 9.02. The SMILES string of the molecule is CC12CC3CC(C)(C1)CC(c1ccc(Oc4ccc(C#Cc5cc(C(=O)O)ccc5C(=O)O)cc4)cc1)(C3)C2. The van der Waals surface area contributed by atoms with E-state index in [0.29, 0.717) is 27.6 Å². The summed E-state index contributed by atoms with van der Waals surface area (Å²) in [5.41, 5.74) is 3.48. The van der Waals surface area contributed by atoms with Crippen LogP contribution in [0.25, 0.3) is 0 Å². The average molecular weight is 521 g/mol. The third-order valence-corrected chi connectivity index (χ3v) is 9.02. The van der Waals surface area contributed by atoms with Crippen LogP contribution in [0.4, 0.5) is 0 Å². The van der Waals surface area contributed by atoms with Gasteiger partial charge in [-0.2, -0.15) is 0 Å². The fourth-order valence-corrected chi connectivity index (χ4v) is 8.50. The number of carboxylic acids is 2. The number of benzene rings is 3. The number of carboxylic acid groups (broad SMARTS) is 2. The molecule has 39 heavy (non-hydrogen) atoms. The summed E-state index contributed by atoms with van der Waals surface area (Å²) in [6.07, 6.45) is 8.06. The van der Waals surface area contributed by atoms with Gasteiger partial charge in [0.1, 0.15) is 11.5 Å². The van der Waals surface area contributed by atoms with Crippen LogP contribution >= 0.6 is 0 Å². The quantitative estimate of drug-likeness (QED) is 0.340. The molecular weight excluding hydrogens is 488 g/mol. The van der Waals surface area contributed by atoms with Gasteiger partial charge in [-0.15, -0.1) is 0 Å². The lowest BCUT2D eigenvalue weighted by atomic mass is 9.39. The van der Waals surface area contributed by atoms with Crippen molar-refractivity contribution in [2.75, 3.05) is 0 Å². The highest BCUT2D eigenvalue weighted by molar-refractivity contribution is 5.94. The van der Waals surface area contributed by atoms with Crippen molar-refractivity contribution >= 4 is 11.9 Å². The van der Waals surface area contributed by atoms with Gasteiger partial charge in [0.2, 0.25) is 0 Å². The first-order valence-corrected chi connectivity index (χ1v) is 13.6. The van der Waals surface area contributed by atoms with Gasteiger partial charge in [0, 0.05) is 11.1 Å². The van der Waals surface area contributed by atoms with E-state index in [1.807, 2.05) is 12.1 Å². The van der Waals surface area contributed by atoms with Crippen LogP contribution in [0.5, 0.6) is 11.5 Å². The lowest BCUT2D eigenvalue weighted by Gasteiger charge is -2.65. The maximum absolute atomic E-state index is 11.5. The van der Waals surface area contributed by atoms with Gasteiger partial charge < -0.3 is 14.9 Å². The Hall–Kier alpha value is -4.04. The maximum atomic E-state index is 11.5. The first kappa shape index (κ1) is 25.2. The summed E-state index contributed by atoms with van der Waals surface area (Å²) >= 11 is 0. The molecule has 0 heterocycles.